The molecule has 15 heteroatoms. The monoisotopic (exact) mass is 446 g/mol. The van der Waals surface area contributed by atoms with Crippen LogP contribution in [0.15, 0.2) is 0 Å². The van der Waals surface area contributed by atoms with Crippen LogP contribution in [-0.4, -0.2) is 49.5 Å². The Morgan fingerprint density at radius 1 is 1.15 bits per heavy atom. The normalized spacial score (nSPS) is 29.7. The van der Waals surface area contributed by atoms with Crippen molar-refractivity contribution >= 4 is 28.1 Å². The Hall–Kier alpha value is -0.740. The van der Waals surface area contributed by atoms with Crippen molar-refractivity contribution < 1.29 is 58.7 Å². The molecule has 0 radical (unpaired) electrons. The molecule has 0 heterocycles. The van der Waals surface area contributed by atoms with Crippen molar-refractivity contribution in [2.45, 2.75) is 42.9 Å². The largest absolute Gasteiger partial charge is 0.445 e. The van der Waals surface area contributed by atoms with Crippen LogP contribution in [0.25, 0.3) is 0 Å². The number of halogens is 5. The number of esters is 1. The van der Waals surface area contributed by atoms with Gasteiger partial charge in [-0.2, -0.15) is 30.4 Å². The maximum Gasteiger partial charge on any atom is 0.432 e. The number of hydrogen-bond donors (Lipinski definition) is 1. The minimum absolute atomic E-state index is 0.0385. The molecule has 2 aliphatic carbocycles. The van der Waals surface area contributed by atoms with E-state index in [1.807, 2.05) is 0 Å². The smallest absolute Gasteiger partial charge is 0.432 e. The maximum atomic E-state index is 13.6. The van der Waals surface area contributed by atoms with Gasteiger partial charge in [-0.15, -0.1) is 4.33 Å². The number of hydrogen-bond acceptors (Lipinski definition) is 9. The summed E-state index contributed by atoms with van der Waals surface area (Å²) in [5, 5.41) is 5.88. The number of ether oxygens (including phenoxy) is 1. The fraction of sp³-hybridized carbons (Fsp3) is 0.917. The Kier molecular flexibility index (Phi) is 6.63. The van der Waals surface area contributed by atoms with Gasteiger partial charge in [0.1, 0.15) is 12.0 Å². The number of carbonyl (C=O) groups is 1. The maximum absolute atomic E-state index is 13.6. The first-order valence-electron chi connectivity index (χ1n) is 7.44. The Morgan fingerprint density at radius 2 is 1.78 bits per heavy atom. The molecule has 2 fully saturated rings. The van der Waals surface area contributed by atoms with Crippen molar-refractivity contribution in [3.8, 4) is 0 Å². The van der Waals surface area contributed by atoms with E-state index in [1.54, 1.807) is 0 Å². The minimum atomic E-state index is -5.62. The highest BCUT2D eigenvalue weighted by molar-refractivity contribution is 7.95. The van der Waals surface area contributed by atoms with Gasteiger partial charge in [0.2, 0.25) is 0 Å². The van der Waals surface area contributed by atoms with Gasteiger partial charge in [0.25, 0.3) is 16.2 Å². The molecular weight excluding hydrogens is 431 g/mol. The summed E-state index contributed by atoms with van der Waals surface area (Å²) in [5.41, 5.74) is 0. The first-order chi connectivity index (χ1) is 12.2. The molecule has 5 unspecified atom stereocenters. The minimum Gasteiger partial charge on any atom is -0.445 e. The summed E-state index contributed by atoms with van der Waals surface area (Å²) >= 11 is -1.17. The third kappa shape index (κ3) is 5.63. The van der Waals surface area contributed by atoms with E-state index in [1.165, 1.54) is 0 Å². The predicted octanol–water partition coefficient (Wildman–Crippen LogP) is 2.51. The lowest BCUT2D eigenvalue weighted by molar-refractivity contribution is -0.434. The predicted molar refractivity (Wildman–Crippen MR) is 77.3 cm³/mol. The quantitative estimate of drug-likeness (QED) is 0.150. The van der Waals surface area contributed by atoms with Crippen molar-refractivity contribution in [3.63, 3.8) is 0 Å². The summed E-state index contributed by atoms with van der Waals surface area (Å²) in [5.74, 6) is -3.52. The third-order valence-corrected chi connectivity index (χ3v) is 5.57. The van der Waals surface area contributed by atoms with Gasteiger partial charge < -0.3 is 4.74 Å². The van der Waals surface area contributed by atoms with Crippen LogP contribution in [0.1, 0.15) is 19.3 Å². The fourth-order valence-electron chi connectivity index (χ4n) is 3.49. The van der Waals surface area contributed by atoms with Gasteiger partial charge in [0.05, 0.1) is 18.3 Å². The molecule has 0 aromatic rings. The molecular formula is C12H15F5O8S2. The third-order valence-electron chi connectivity index (χ3n) is 4.41. The Bertz CT molecular complexity index is 655. The van der Waals surface area contributed by atoms with E-state index in [-0.39, 0.29) is 12.8 Å². The average Bonchev–Trinajstić information content (AvgIpc) is 3.07. The molecule has 27 heavy (non-hydrogen) atoms. The van der Waals surface area contributed by atoms with Gasteiger partial charge in [-0.1, -0.05) is 5.04 Å². The highest BCUT2D eigenvalue weighted by Crippen LogP contribution is 2.51. The van der Waals surface area contributed by atoms with Gasteiger partial charge in [0.15, 0.2) is 0 Å². The van der Waals surface area contributed by atoms with E-state index in [4.69, 9.17) is 9.44 Å². The second kappa shape index (κ2) is 7.94. The summed E-state index contributed by atoms with van der Waals surface area (Å²) in [6.07, 6.45) is -8.96. The van der Waals surface area contributed by atoms with E-state index in [0.29, 0.717) is 6.42 Å². The number of fused-ring (bicyclic) bond motifs is 2. The summed E-state index contributed by atoms with van der Waals surface area (Å²) in [6, 6.07) is 0. The molecule has 8 nitrogen and oxygen atoms in total. The van der Waals surface area contributed by atoms with Crippen molar-refractivity contribution in [1.82, 2.24) is 0 Å². The second-order valence-corrected chi connectivity index (χ2v) is 8.77. The molecule has 2 bridgehead atoms. The van der Waals surface area contributed by atoms with Crippen LogP contribution < -0.4 is 0 Å². The molecule has 2 aliphatic rings. The zero-order chi connectivity index (χ0) is 20.6. The van der Waals surface area contributed by atoms with E-state index in [9.17, 15) is 35.2 Å². The van der Waals surface area contributed by atoms with Gasteiger partial charge in [0, 0.05) is 0 Å². The average molecular weight is 446 g/mol. The van der Waals surface area contributed by atoms with E-state index < -0.39 is 69.5 Å². The van der Waals surface area contributed by atoms with Crippen LogP contribution in [0, 0.1) is 17.8 Å². The zero-order valence-electron chi connectivity index (χ0n) is 13.5. The molecule has 0 saturated heterocycles. The molecule has 0 aromatic heterocycles. The number of carbonyl (C=O) groups excluding carboxylic acids is 1. The standard InChI is InChI=1S/C12H15F5O8S2/c1-27(20,21)23-8-4-5-2-6(8)3-7(5)9(18)22-10(11(13,14)15)12(16,17)26-25-24-19/h5-8,10,19H,2-4H2,1H3. The summed E-state index contributed by atoms with van der Waals surface area (Å²) in [4.78, 5) is 12.1. The Labute approximate surface area is 154 Å². The SMILES string of the molecule is CS(=O)(=O)OC1CC2CC1CC2C(=O)OC(C(F)(F)F)C(F)(F)SOOO. The van der Waals surface area contributed by atoms with Gasteiger partial charge >= 0.3 is 17.4 Å². The van der Waals surface area contributed by atoms with Gasteiger partial charge in [-0.05, 0) is 31.1 Å². The topological polar surface area (TPSA) is 108 Å². The molecule has 158 valence electrons. The van der Waals surface area contributed by atoms with Crippen molar-refractivity contribution in [2.75, 3.05) is 6.26 Å². The van der Waals surface area contributed by atoms with E-state index in [0.717, 1.165) is 6.26 Å². The molecule has 0 spiro atoms. The Balaban J connectivity index is 2.03. The first kappa shape index (κ1) is 22.5. The summed E-state index contributed by atoms with van der Waals surface area (Å²) in [6.45, 7) is 0. The van der Waals surface area contributed by atoms with E-state index in [2.05, 4.69) is 14.1 Å². The molecule has 0 amide bonds. The fourth-order valence-corrected chi connectivity index (χ4v) is 4.56. The van der Waals surface area contributed by atoms with Crippen LogP contribution in [-0.2, 0) is 33.2 Å². The molecule has 2 rings (SSSR count). The molecule has 0 aromatic carbocycles. The number of alkyl halides is 5. The highest BCUT2D eigenvalue weighted by Gasteiger charge is 2.62. The van der Waals surface area contributed by atoms with Crippen molar-refractivity contribution in [1.29, 1.82) is 0 Å². The first-order valence-corrected chi connectivity index (χ1v) is 9.99. The molecule has 1 N–H and O–H groups in total. The van der Waals surface area contributed by atoms with Gasteiger partial charge in [-0.3, -0.25) is 8.98 Å². The van der Waals surface area contributed by atoms with Crippen LogP contribution in [0.4, 0.5) is 22.0 Å². The highest BCUT2D eigenvalue weighted by atomic mass is 32.2. The van der Waals surface area contributed by atoms with E-state index >= 15 is 0 Å². The molecule has 0 aliphatic heterocycles. The summed E-state index contributed by atoms with van der Waals surface area (Å²) in [7, 11) is -3.75. The van der Waals surface area contributed by atoms with Crippen molar-refractivity contribution in [2.24, 2.45) is 17.8 Å². The van der Waals surface area contributed by atoms with Gasteiger partial charge in [-0.25, -0.2) is 5.26 Å². The summed E-state index contributed by atoms with van der Waals surface area (Å²) < 4.78 is 101. The van der Waals surface area contributed by atoms with Crippen LogP contribution >= 0.6 is 12.0 Å². The molecule has 2 saturated carbocycles. The van der Waals surface area contributed by atoms with Crippen LogP contribution in [0.3, 0.4) is 0 Å². The lowest BCUT2D eigenvalue weighted by Gasteiger charge is -2.30. The lowest BCUT2D eigenvalue weighted by atomic mass is 9.87. The number of rotatable bonds is 8. The lowest BCUT2D eigenvalue weighted by Crippen LogP contribution is -2.47. The van der Waals surface area contributed by atoms with Crippen LogP contribution in [0.2, 0.25) is 0 Å². The van der Waals surface area contributed by atoms with Crippen molar-refractivity contribution in [3.05, 3.63) is 0 Å². The zero-order valence-corrected chi connectivity index (χ0v) is 15.2. The second-order valence-electron chi connectivity index (χ2n) is 6.32. The van der Waals surface area contributed by atoms with Crippen LogP contribution in [0.5, 0.6) is 0 Å². The Morgan fingerprint density at radius 3 is 2.22 bits per heavy atom. The molecule has 5 atom stereocenters.